The number of likely N-dealkylation sites (tertiary alicyclic amines) is 1. The van der Waals surface area contributed by atoms with Crippen LogP contribution in [-0.4, -0.2) is 23.5 Å². The van der Waals surface area contributed by atoms with E-state index >= 15 is 0 Å². The molecule has 84 valence electrons. The zero-order valence-electron chi connectivity index (χ0n) is 10.8. The van der Waals surface area contributed by atoms with Gasteiger partial charge in [-0.1, -0.05) is 34.1 Å². The monoisotopic (exact) mass is 197 g/mol. The van der Waals surface area contributed by atoms with E-state index in [1.165, 1.54) is 19.5 Å². The Balaban J connectivity index is 2.65. The van der Waals surface area contributed by atoms with Crippen molar-refractivity contribution in [3.63, 3.8) is 0 Å². The summed E-state index contributed by atoms with van der Waals surface area (Å²) in [6, 6.07) is 0. The van der Waals surface area contributed by atoms with E-state index in [2.05, 4.69) is 46.4 Å². The lowest BCUT2D eigenvalue weighted by Crippen LogP contribution is -2.46. The van der Waals surface area contributed by atoms with Crippen LogP contribution < -0.4 is 0 Å². The van der Waals surface area contributed by atoms with E-state index in [1.807, 2.05) is 0 Å². The van der Waals surface area contributed by atoms with Gasteiger partial charge in [-0.25, -0.2) is 0 Å². The zero-order valence-corrected chi connectivity index (χ0v) is 10.8. The van der Waals surface area contributed by atoms with Gasteiger partial charge in [0.15, 0.2) is 0 Å². The Morgan fingerprint density at radius 2 is 1.86 bits per heavy atom. The SMILES string of the molecule is CC[C@@H]1CN(C(C)(C)C(C)C)C[C@H]1C. The Labute approximate surface area is 89.9 Å². The van der Waals surface area contributed by atoms with Crippen molar-refractivity contribution in [2.75, 3.05) is 13.1 Å². The largest absolute Gasteiger partial charge is 0.297 e. The molecular weight excluding hydrogens is 170 g/mol. The summed E-state index contributed by atoms with van der Waals surface area (Å²) in [5.74, 6) is 2.55. The summed E-state index contributed by atoms with van der Waals surface area (Å²) in [6.45, 7) is 16.8. The number of hydrogen-bond acceptors (Lipinski definition) is 1. The van der Waals surface area contributed by atoms with E-state index in [9.17, 15) is 0 Å². The van der Waals surface area contributed by atoms with Gasteiger partial charge in [0, 0.05) is 18.6 Å². The summed E-state index contributed by atoms with van der Waals surface area (Å²) in [6.07, 6.45) is 1.34. The average Bonchev–Trinajstić information content (AvgIpc) is 2.47. The molecule has 1 fully saturated rings. The fraction of sp³-hybridized carbons (Fsp3) is 1.00. The molecule has 0 aliphatic carbocycles. The molecule has 1 saturated heterocycles. The molecule has 0 amide bonds. The molecule has 0 unspecified atom stereocenters. The summed E-state index contributed by atoms with van der Waals surface area (Å²) >= 11 is 0. The summed E-state index contributed by atoms with van der Waals surface area (Å²) in [5, 5.41) is 0. The van der Waals surface area contributed by atoms with Crippen molar-refractivity contribution >= 4 is 0 Å². The van der Waals surface area contributed by atoms with Crippen molar-refractivity contribution < 1.29 is 0 Å². The lowest BCUT2D eigenvalue weighted by Gasteiger charge is -2.39. The molecular formula is C13H27N. The van der Waals surface area contributed by atoms with Crippen LogP contribution in [0.25, 0.3) is 0 Å². The minimum absolute atomic E-state index is 0.373. The summed E-state index contributed by atoms with van der Waals surface area (Å²) in [4.78, 5) is 2.69. The molecule has 0 aromatic rings. The van der Waals surface area contributed by atoms with Gasteiger partial charge in [-0.2, -0.15) is 0 Å². The lowest BCUT2D eigenvalue weighted by atomic mass is 9.89. The molecule has 0 spiro atoms. The Hall–Kier alpha value is -0.0400. The van der Waals surface area contributed by atoms with Crippen LogP contribution in [0.2, 0.25) is 0 Å². The highest BCUT2D eigenvalue weighted by atomic mass is 15.2. The maximum atomic E-state index is 2.69. The maximum Gasteiger partial charge on any atom is 0.0176 e. The van der Waals surface area contributed by atoms with Crippen molar-refractivity contribution in [3.8, 4) is 0 Å². The molecule has 0 saturated carbocycles. The molecule has 0 bridgehead atoms. The van der Waals surface area contributed by atoms with Gasteiger partial charge in [0.25, 0.3) is 0 Å². The van der Waals surface area contributed by atoms with E-state index in [0.29, 0.717) is 5.54 Å². The van der Waals surface area contributed by atoms with Crippen LogP contribution in [0.3, 0.4) is 0 Å². The number of hydrogen-bond donors (Lipinski definition) is 0. The molecule has 0 aromatic carbocycles. The Bertz CT molecular complexity index is 184. The van der Waals surface area contributed by atoms with E-state index in [4.69, 9.17) is 0 Å². The molecule has 1 aliphatic heterocycles. The molecule has 1 heteroatoms. The van der Waals surface area contributed by atoms with Crippen LogP contribution in [0.1, 0.15) is 48.0 Å². The molecule has 1 heterocycles. The third kappa shape index (κ3) is 2.13. The molecule has 1 rings (SSSR count). The topological polar surface area (TPSA) is 3.24 Å². The highest BCUT2D eigenvalue weighted by molar-refractivity contribution is 4.92. The lowest BCUT2D eigenvalue weighted by molar-refractivity contribution is 0.0972. The maximum absolute atomic E-state index is 2.69. The molecule has 0 radical (unpaired) electrons. The van der Waals surface area contributed by atoms with Gasteiger partial charge in [0.05, 0.1) is 0 Å². The van der Waals surface area contributed by atoms with Crippen LogP contribution in [0.4, 0.5) is 0 Å². The van der Waals surface area contributed by atoms with E-state index in [1.54, 1.807) is 0 Å². The Morgan fingerprint density at radius 1 is 1.29 bits per heavy atom. The van der Waals surface area contributed by atoms with Gasteiger partial charge in [-0.15, -0.1) is 0 Å². The second kappa shape index (κ2) is 4.22. The predicted molar refractivity (Wildman–Crippen MR) is 63.4 cm³/mol. The van der Waals surface area contributed by atoms with Crippen LogP contribution in [0.15, 0.2) is 0 Å². The number of rotatable bonds is 3. The van der Waals surface area contributed by atoms with Crippen LogP contribution in [-0.2, 0) is 0 Å². The van der Waals surface area contributed by atoms with Crippen molar-refractivity contribution in [2.24, 2.45) is 17.8 Å². The molecule has 14 heavy (non-hydrogen) atoms. The first kappa shape index (κ1) is 12.0. The van der Waals surface area contributed by atoms with Crippen LogP contribution in [0.5, 0.6) is 0 Å². The normalized spacial score (nSPS) is 30.2. The summed E-state index contributed by atoms with van der Waals surface area (Å²) in [7, 11) is 0. The highest BCUT2D eigenvalue weighted by Gasteiger charge is 2.38. The van der Waals surface area contributed by atoms with Gasteiger partial charge in [-0.3, -0.25) is 4.90 Å². The predicted octanol–water partition coefficient (Wildman–Crippen LogP) is 3.40. The molecule has 2 atom stereocenters. The molecule has 1 nitrogen and oxygen atoms in total. The van der Waals surface area contributed by atoms with Gasteiger partial charge in [0.2, 0.25) is 0 Å². The van der Waals surface area contributed by atoms with Gasteiger partial charge in [-0.05, 0) is 31.6 Å². The van der Waals surface area contributed by atoms with Crippen molar-refractivity contribution in [3.05, 3.63) is 0 Å². The zero-order chi connectivity index (χ0) is 10.9. The quantitative estimate of drug-likeness (QED) is 0.670. The molecule has 0 aromatic heterocycles. The highest BCUT2D eigenvalue weighted by Crippen LogP contribution is 2.34. The van der Waals surface area contributed by atoms with Crippen molar-refractivity contribution in [2.45, 2.75) is 53.5 Å². The van der Waals surface area contributed by atoms with Gasteiger partial charge < -0.3 is 0 Å². The second-order valence-corrected chi connectivity index (χ2v) is 5.86. The van der Waals surface area contributed by atoms with E-state index in [0.717, 1.165) is 17.8 Å². The summed E-state index contributed by atoms with van der Waals surface area (Å²) in [5.41, 5.74) is 0.373. The average molecular weight is 197 g/mol. The molecule has 0 N–H and O–H groups in total. The smallest absolute Gasteiger partial charge is 0.0176 e. The number of nitrogens with zero attached hydrogens (tertiary/aromatic N) is 1. The second-order valence-electron chi connectivity index (χ2n) is 5.86. The van der Waals surface area contributed by atoms with Crippen molar-refractivity contribution in [1.82, 2.24) is 4.90 Å². The van der Waals surface area contributed by atoms with Crippen LogP contribution in [0, 0.1) is 17.8 Å². The Morgan fingerprint density at radius 3 is 2.21 bits per heavy atom. The van der Waals surface area contributed by atoms with Gasteiger partial charge >= 0.3 is 0 Å². The molecule has 1 aliphatic rings. The first-order valence-electron chi connectivity index (χ1n) is 6.14. The Kier molecular flexibility index (Phi) is 3.63. The standard InChI is InChI=1S/C13H27N/c1-7-12-9-14(8-11(12)4)13(5,6)10(2)3/h10-12H,7-9H2,1-6H3/t11-,12-/m1/s1. The third-order valence-corrected chi connectivity index (χ3v) is 4.52. The third-order valence-electron chi connectivity index (χ3n) is 4.52. The van der Waals surface area contributed by atoms with Crippen molar-refractivity contribution in [1.29, 1.82) is 0 Å². The summed E-state index contributed by atoms with van der Waals surface area (Å²) < 4.78 is 0. The first-order valence-corrected chi connectivity index (χ1v) is 6.14. The van der Waals surface area contributed by atoms with E-state index in [-0.39, 0.29) is 0 Å². The van der Waals surface area contributed by atoms with Gasteiger partial charge in [0.1, 0.15) is 0 Å². The minimum atomic E-state index is 0.373. The minimum Gasteiger partial charge on any atom is -0.297 e. The fourth-order valence-corrected chi connectivity index (χ4v) is 2.40. The first-order chi connectivity index (χ1) is 6.39. The van der Waals surface area contributed by atoms with Crippen LogP contribution >= 0.6 is 0 Å². The van der Waals surface area contributed by atoms with E-state index < -0.39 is 0 Å². The fourth-order valence-electron chi connectivity index (χ4n) is 2.40.